The number of amides is 1. The molecule has 0 N–H and O–H groups in total. The van der Waals surface area contributed by atoms with Crippen molar-refractivity contribution >= 4 is 27.5 Å². The van der Waals surface area contributed by atoms with Crippen molar-refractivity contribution in [2.24, 2.45) is 0 Å². The molecule has 1 atom stereocenters. The Labute approximate surface area is 141 Å². The molecule has 0 unspecified atom stereocenters. The van der Waals surface area contributed by atoms with E-state index in [1.807, 2.05) is 24.3 Å². The van der Waals surface area contributed by atoms with Gasteiger partial charge in [-0.15, -0.1) is 11.3 Å². The van der Waals surface area contributed by atoms with Crippen LogP contribution >= 0.6 is 11.3 Å². The maximum atomic E-state index is 14.0. The van der Waals surface area contributed by atoms with Crippen LogP contribution in [0.3, 0.4) is 0 Å². The third kappa shape index (κ3) is 2.57. The third-order valence-corrected chi connectivity index (χ3v) is 5.41. The van der Waals surface area contributed by atoms with Crippen LogP contribution in [0.15, 0.2) is 42.5 Å². The first-order valence-electron chi connectivity index (χ1n) is 7.75. The number of likely N-dealkylation sites (tertiary alicyclic amines) is 1. The van der Waals surface area contributed by atoms with Crippen LogP contribution in [0.25, 0.3) is 10.2 Å². The van der Waals surface area contributed by atoms with E-state index in [9.17, 15) is 13.6 Å². The second kappa shape index (κ2) is 5.94. The smallest absolute Gasteiger partial charge is 0.257 e. The van der Waals surface area contributed by atoms with Gasteiger partial charge in [0, 0.05) is 12.6 Å². The highest BCUT2D eigenvalue weighted by atomic mass is 32.1. The fourth-order valence-electron chi connectivity index (χ4n) is 3.12. The van der Waals surface area contributed by atoms with Gasteiger partial charge in [0.05, 0.1) is 21.8 Å². The molecular weight excluding hydrogens is 330 g/mol. The highest BCUT2D eigenvalue weighted by molar-refractivity contribution is 7.18. The van der Waals surface area contributed by atoms with Crippen LogP contribution in [-0.4, -0.2) is 22.3 Å². The molecule has 1 aliphatic heterocycles. The number of hydrogen-bond acceptors (Lipinski definition) is 3. The van der Waals surface area contributed by atoms with Gasteiger partial charge < -0.3 is 4.90 Å². The molecule has 2 heterocycles. The van der Waals surface area contributed by atoms with Gasteiger partial charge in [0.2, 0.25) is 0 Å². The first kappa shape index (κ1) is 15.2. The van der Waals surface area contributed by atoms with Gasteiger partial charge in [0.1, 0.15) is 16.6 Å². The number of benzene rings is 2. The molecule has 1 saturated heterocycles. The number of para-hydroxylation sites is 1. The minimum atomic E-state index is -0.824. The maximum absolute atomic E-state index is 14.0. The molecule has 6 heteroatoms. The highest BCUT2D eigenvalue weighted by Gasteiger charge is 2.33. The quantitative estimate of drug-likeness (QED) is 0.683. The van der Waals surface area contributed by atoms with Crippen LogP contribution in [0.2, 0.25) is 0 Å². The van der Waals surface area contributed by atoms with Crippen molar-refractivity contribution in [2.45, 2.75) is 18.9 Å². The van der Waals surface area contributed by atoms with Crippen molar-refractivity contribution < 1.29 is 13.6 Å². The molecule has 3 aromatic rings. The number of halogens is 2. The molecule has 1 aliphatic rings. The average Bonchev–Trinajstić information content (AvgIpc) is 3.20. The van der Waals surface area contributed by atoms with Crippen LogP contribution in [-0.2, 0) is 0 Å². The van der Waals surface area contributed by atoms with E-state index in [-0.39, 0.29) is 11.6 Å². The number of rotatable bonds is 2. The fraction of sp³-hybridized carbons (Fsp3) is 0.222. The summed E-state index contributed by atoms with van der Waals surface area (Å²) in [6, 6.07) is 10.7. The zero-order valence-corrected chi connectivity index (χ0v) is 13.5. The summed E-state index contributed by atoms with van der Waals surface area (Å²) in [5, 5.41) is 0.865. The lowest BCUT2D eigenvalue weighted by atomic mass is 10.1. The number of aromatic nitrogens is 1. The predicted molar refractivity (Wildman–Crippen MR) is 89.0 cm³/mol. The summed E-state index contributed by atoms with van der Waals surface area (Å²) in [7, 11) is 0. The van der Waals surface area contributed by atoms with E-state index >= 15 is 0 Å². The van der Waals surface area contributed by atoms with E-state index in [1.165, 1.54) is 6.07 Å². The Morgan fingerprint density at radius 2 is 2.04 bits per heavy atom. The van der Waals surface area contributed by atoms with E-state index in [1.54, 1.807) is 16.2 Å². The Balaban J connectivity index is 1.68. The van der Waals surface area contributed by atoms with Gasteiger partial charge in [-0.05, 0) is 37.1 Å². The van der Waals surface area contributed by atoms with E-state index in [0.29, 0.717) is 6.54 Å². The van der Waals surface area contributed by atoms with Crippen LogP contribution in [0.1, 0.15) is 34.2 Å². The maximum Gasteiger partial charge on any atom is 0.257 e. The summed E-state index contributed by atoms with van der Waals surface area (Å²) < 4.78 is 28.1. The molecule has 4 rings (SSSR count). The minimum Gasteiger partial charge on any atom is -0.329 e. The van der Waals surface area contributed by atoms with Crippen LogP contribution < -0.4 is 0 Å². The minimum absolute atomic E-state index is 0.0931. The molecular formula is C18H14F2N2OS. The summed E-state index contributed by atoms with van der Waals surface area (Å²) in [5.41, 5.74) is 0.814. The zero-order valence-electron chi connectivity index (χ0n) is 12.7. The molecule has 0 saturated carbocycles. The molecule has 1 aromatic heterocycles. The third-order valence-electron chi connectivity index (χ3n) is 4.27. The lowest BCUT2D eigenvalue weighted by Crippen LogP contribution is -2.31. The van der Waals surface area contributed by atoms with Gasteiger partial charge in [-0.1, -0.05) is 12.1 Å². The highest BCUT2D eigenvalue weighted by Crippen LogP contribution is 2.37. The molecule has 0 spiro atoms. The topological polar surface area (TPSA) is 33.2 Å². The Bertz CT molecular complexity index is 891. The molecule has 24 heavy (non-hydrogen) atoms. The first-order chi connectivity index (χ1) is 11.6. The molecule has 3 nitrogen and oxygen atoms in total. The molecule has 0 aliphatic carbocycles. The number of thiazole rings is 1. The average molecular weight is 344 g/mol. The summed E-state index contributed by atoms with van der Waals surface area (Å²) >= 11 is 1.56. The summed E-state index contributed by atoms with van der Waals surface area (Å²) in [4.78, 5) is 19.0. The fourth-order valence-corrected chi connectivity index (χ4v) is 4.23. The van der Waals surface area contributed by atoms with Gasteiger partial charge in [-0.2, -0.15) is 0 Å². The summed E-state index contributed by atoms with van der Waals surface area (Å²) in [6.45, 7) is 0.552. The lowest BCUT2D eigenvalue weighted by molar-refractivity contribution is 0.0730. The second-order valence-electron chi connectivity index (χ2n) is 5.80. The van der Waals surface area contributed by atoms with E-state index < -0.39 is 17.5 Å². The number of hydrogen-bond donors (Lipinski definition) is 0. The zero-order chi connectivity index (χ0) is 16.7. The van der Waals surface area contributed by atoms with Gasteiger partial charge in [-0.3, -0.25) is 4.79 Å². The Morgan fingerprint density at radius 1 is 1.21 bits per heavy atom. The molecule has 122 valence electrons. The van der Waals surface area contributed by atoms with Crippen molar-refractivity contribution in [1.29, 1.82) is 0 Å². The predicted octanol–water partition coefficient (Wildman–Crippen LogP) is 4.55. The number of carbonyl (C=O) groups is 1. The van der Waals surface area contributed by atoms with E-state index in [0.717, 1.165) is 40.2 Å². The molecule has 0 bridgehead atoms. The number of nitrogens with zero attached hydrogens (tertiary/aromatic N) is 2. The SMILES string of the molecule is O=C(c1ccc(F)cc1F)N1CCC[C@H]1c1nc2ccccc2s1. The van der Waals surface area contributed by atoms with Crippen LogP contribution in [0.4, 0.5) is 8.78 Å². The van der Waals surface area contributed by atoms with Gasteiger partial charge in [-0.25, -0.2) is 13.8 Å². The monoisotopic (exact) mass is 344 g/mol. The van der Waals surface area contributed by atoms with E-state index in [2.05, 4.69) is 4.98 Å². The first-order valence-corrected chi connectivity index (χ1v) is 8.56. The molecule has 1 amide bonds. The van der Waals surface area contributed by atoms with E-state index in [4.69, 9.17) is 0 Å². The molecule has 2 aromatic carbocycles. The molecule has 0 radical (unpaired) electrons. The van der Waals surface area contributed by atoms with Crippen molar-refractivity contribution in [3.63, 3.8) is 0 Å². The number of carbonyl (C=O) groups excluding carboxylic acids is 1. The standard InChI is InChI=1S/C18H14F2N2OS/c19-11-7-8-12(13(20)10-11)18(23)22-9-3-5-15(22)17-21-14-4-1-2-6-16(14)24-17/h1-2,4,6-8,10,15H,3,5,9H2/t15-/m0/s1. The second-order valence-corrected chi connectivity index (χ2v) is 6.86. The Kier molecular flexibility index (Phi) is 3.76. The Morgan fingerprint density at radius 3 is 2.83 bits per heavy atom. The lowest BCUT2D eigenvalue weighted by Gasteiger charge is -2.23. The summed E-state index contributed by atoms with van der Waals surface area (Å²) in [6.07, 6.45) is 1.64. The van der Waals surface area contributed by atoms with Gasteiger partial charge in [0.25, 0.3) is 5.91 Å². The Hall–Kier alpha value is -2.34. The van der Waals surface area contributed by atoms with Crippen LogP contribution in [0.5, 0.6) is 0 Å². The van der Waals surface area contributed by atoms with Gasteiger partial charge >= 0.3 is 0 Å². The largest absolute Gasteiger partial charge is 0.329 e. The van der Waals surface area contributed by atoms with Crippen LogP contribution in [0, 0.1) is 11.6 Å². The summed E-state index contributed by atoms with van der Waals surface area (Å²) in [5.74, 6) is -1.92. The number of fused-ring (bicyclic) bond motifs is 1. The van der Waals surface area contributed by atoms with Crippen molar-refractivity contribution in [3.05, 3.63) is 64.7 Å². The van der Waals surface area contributed by atoms with Gasteiger partial charge in [0.15, 0.2) is 0 Å². The normalized spacial score (nSPS) is 17.6. The van der Waals surface area contributed by atoms with Crippen molar-refractivity contribution in [1.82, 2.24) is 9.88 Å². The van der Waals surface area contributed by atoms with Crippen molar-refractivity contribution in [2.75, 3.05) is 6.54 Å². The van der Waals surface area contributed by atoms with Crippen molar-refractivity contribution in [3.8, 4) is 0 Å². The molecule has 1 fully saturated rings.